The monoisotopic (exact) mass is 220 g/mol. The average Bonchev–Trinajstić information content (AvgIpc) is 2.31. The van der Waals surface area contributed by atoms with Crippen LogP contribution in [0.5, 0.6) is 0 Å². The molecule has 1 aromatic heterocycles. The molecule has 56 valence electrons. The van der Waals surface area contributed by atoms with E-state index in [4.69, 9.17) is 0 Å². The number of halogens is 1. The largest absolute Gasteiger partial charge is 0.336 e. The number of hydrogen-bond donors (Lipinski definition) is 1. The van der Waals surface area contributed by atoms with Gasteiger partial charge in [0.25, 0.3) is 0 Å². The minimum Gasteiger partial charge on any atom is -0.336 e. The van der Waals surface area contributed by atoms with E-state index in [-0.39, 0.29) is 0 Å². The lowest BCUT2D eigenvalue weighted by molar-refractivity contribution is 1.18. The van der Waals surface area contributed by atoms with Gasteiger partial charge in [0.05, 0.1) is 6.20 Å². The van der Waals surface area contributed by atoms with Crippen molar-refractivity contribution in [3.8, 4) is 0 Å². The zero-order chi connectivity index (χ0) is 7.40. The molecule has 0 atom stereocenters. The number of thioether (sulfide) groups is 1. The maximum Gasteiger partial charge on any atom is 0.174 e. The van der Waals surface area contributed by atoms with E-state index in [1.54, 1.807) is 0 Å². The van der Waals surface area contributed by atoms with Gasteiger partial charge in [-0.2, -0.15) is 11.8 Å². The molecule has 0 bridgehead atoms. The van der Waals surface area contributed by atoms with Gasteiger partial charge in [0.2, 0.25) is 0 Å². The molecule has 1 aromatic rings. The number of imidazole rings is 1. The van der Waals surface area contributed by atoms with Crippen molar-refractivity contribution < 1.29 is 0 Å². The highest BCUT2D eigenvalue weighted by Gasteiger charge is 1.95. The van der Waals surface area contributed by atoms with Crippen molar-refractivity contribution in [2.45, 2.75) is 12.7 Å². The molecule has 0 saturated heterocycles. The standard InChI is InChI=1S/C6H9BrN2S/c1-2-10-4-5-3-8-6(7)9-5/h3H,2,4H2,1H3,(H,8,9). The van der Waals surface area contributed by atoms with Crippen LogP contribution in [0, 0.1) is 0 Å². The normalized spacial score (nSPS) is 10.2. The van der Waals surface area contributed by atoms with Crippen LogP contribution in [0.2, 0.25) is 0 Å². The van der Waals surface area contributed by atoms with Crippen LogP contribution in [0.15, 0.2) is 10.9 Å². The first-order valence-electron chi connectivity index (χ1n) is 3.10. The number of hydrogen-bond acceptors (Lipinski definition) is 2. The van der Waals surface area contributed by atoms with E-state index in [1.165, 1.54) is 5.69 Å². The summed E-state index contributed by atoms with van der Waals surface area (Å²) < 4.78 is 0.819. The summed E-state index contributed by atoms with van der Waals surface area (Å²) in [6.07, 6.45) is 1.85. The average molecular weight is 221 g/mol. The minimum absolute atomic E-state index is 0.819. The molecule has 1 heterocycles. The molecule has 1 rings (SSSR count). The van der Waals surface area contributed by atoms with Crippen LogP contribution >= 0.6 is 27.7 Å². The van der Waals surface area contributed by atoms with Crippen LogP contribution in [0.1, 0.15) is 12.6 Å². The predicted octanol–water partition coefficient (Wildman–Crippen LogP) is 2.43. The fourth-order valence-corrected chi connectivity index (χ4v) is 1.54. The number of rotatable bonds is 3. The molecule has 4 heteroatoms. The molecule has 0 aliphatic heterocycles. The molecule has 0 spiro atoms. The first-order chi connectivity index (χ1) is 4.83. The Morgan fingerprint density at radius 1 is 1.80 bits per heavy atom. The van der Waals surface area contributed by atoms with Crippen molar-refractivity contribution in [1.82, 2.24) is 9.97 Å². The highest BCUT2D eigenvalue weighted by atomic mass is 79.9. The summed E-state index contributed by atoms with van der Waals surface area (Å²) in [4.78, 5) is 7.11. The molecule has 0 saturated carbocycles. The summed E-state index contributed by atoms with van der Waals surface area (Å²) in [7, 11) is 0. The molecule has 10 heavy (non-hydrogen) atoms. The van der Waals surface area contributed by atoms with Gasteiger partial charge in [-0.3, -0.25) is 0 Å². The Kier molecular flexibility index (Phi) is 3.28. The van der Waals surface area contributed by atoms with E-state index in [9.17, 15) is 0 Å². The quantitative estimate of drug-likeness (QED) is 0.849. The number of aromatic nitrogens is 2. The van der Waals surface area contributed by atoms with Crippen molar-refractivity contribution in [2.75, 3.05) is 5.75 Å². The van der Waals surface area contributed by atoms with Crippen molar-refractivity contribution >= 4 is 27.7 Å². The fourth-order valence-electron chi connectivity index (χ4n) is 0.617. The van der Waals surface area contributed by atoms with Crippen molar-refractivity contribution in [2.24, 2.45) is 0 Å². The maximum atomic E-state index is 4.02. The van der Waals surface area contributed by atoms with Gasteiger partial charge in [-0.15, -0.1) is 0 Å². The van der Waals surface area contributed by atoms with Crippen molar-refractivity contribution in [3.63, 3.8) is 0 Å². The Bertz CT molecular complexity index is 199. The molecule has 0 amide bonds. The van der Waals surface area contributed by atoms with Crippen molar-refractivity contribution in [3.05, 3.63) is 16.6 Å². The van der Waals surface area contributed by atoms with Gasteiger partial charge in [-0.05, 0) is 21.7 Å². The third-order valence-electron chi connectivity index (χ3n) is 1.06. The molecule has 0 fully saturated rings. The molecule has 0 unspecified atom stereocenters. The van der Waals surface area contributed by atoms with Gasteiger partial charge in [0.1, 0.15) is 0 Å². The SMILES string of the molecule is CCSCc1cnc(Br)[nH]1. The Hall–Kier alpha value is 0.0400. The van der Waals surface area contributed by atoms with Crippen LogP contribution in [-0.2, 0) is 5.75 Å². The molecule has 0 aliphatic rings. The summed E-state index contributed by atoms with van der Waals surface area (Å²) >= 11 is 5.13. The molecule has 2 nitrogen and oxygen atoms in total. The zero-order valence-electron chi connectivity index (χ0n) is 5.72. The number of H-pyrrole nitrogens is 1. The molecule has 0 radical (unpaired) electrons. The van der Waals surface area contributed by atoms with Crippen LogP contribution in [0.25, 0.3) is 0 Å². The summed E-state index contributed by atoms with van der Waals surface area (Å²) in [5, 5.41) is 0. The Labute approximate surface area is 72.9 Å². The van der Waals surface area contributed by atoms with E-state index in [0.717, 1.165) is 16.2 Å². The lowest BCUT2D eigenvalue weighted by atomic mass is 10.6. The zero-order valence-corrected chi connectivity index (χ0v) is 8.13. The third-order valence-corrected chi connectivity index (χ3v) is 2.39. The first-order valence-corrected chi connectivity index (χ1v) is 5.05. The smallest absolute Gasteiger partial charge is 0.174 e. The van der Waals surface area contributed by atoms with Gasteiger partial charge >= 0.3 is 0 Å². The van der Waals surface area contributed by atoms with Gasteiger partial charge < -0.3 is 4.98 Å². The van der Waals surface area contributed by atoms with Crippen molar-refractivity contribution in [1.29, 1.82) is 0 Å². The van der Waals surface area contributed by atoms with Crippen LogP contribution in [0.4, 0.5) is 0 Å². The first kappa shape index (κ1) is 8.14. The van der Waals surface area contributed by atoms with Gasteiger partial charge in [-0.25, -0.2) is 4.98 Å². The Balaban J connectivity index is 2.42. The highest BCUT2D eigenvalue weighted by Crippen LogP contribution is 2.11. The summed E-state index contributed by atoms with van der Waals surface area (Å²) in [5.41, 5.74) is 1.18. The molecule has 0 aromatic carbocycles. The third kappa shape index (κ3) is 2.34. The lowest BCUT2D eigenvalue weighted by Gasteiger charge is -1.91. The number of nitrogens with zero attached hydrogens (tertiary/aromatic N) is 1. The van der Waals surface area contributed by atoms with E-state index in [1.807, 2.05) is 18.0 Å². The van der Waals surface area contributed by atoms with E-state index >= 15 is 0 Å². The number of aromatic amines is 1. The fraction of sp³-hybridized carbons (Fsp3) is 0.500. The maximum absolute atomic E-state index is 4.02. The topological polar surface area (TPSA) is 28.7 Å². The van der Waals surface area contributed by atoms with Gasteiger partial charge in [-0.1, -0.05) is 6.92 Å². The van der Waals surface area contributed by atoms with E-state index in [2.05, 4.69) is 32.8 Å². The Morgan fingerprint density at radius 3 is 3.10 bits per heavy atom. The van der Waals surface area contributed by atoms with Crippen LogP contribution < -0.4 is 0 Å². The van der Waals surface area contributed by atoms with Gasteiger partial charge in [0.15, 0.2) is 4.73 Å². The summed E-state index contributed by atoms with van der Waals surface area (Å²) in [5.74, 6) is 2.17. The van der Waals surface area contributed by atoms with E-state index < -0.39 is 0 Å². The Morgan fingerprint density at radius 2 is 2.60 bits per heavy atom. The van der Waals surface area contributed by atoms with Gasteiger partial charge in [0, 0.05) is 11.4 Å². The minimum atomic E-state index is 0.819. The second-order valence-corrected chi connectivity index (χ2v) is 3.86. The highest BCUT2D eigenvalue weighted by molar-refractivity contribution is 9.10. The second-order valence-electron chi connectivity index (χ2n) is 1.84. The molecular formula is C6H9BrN2S. The molecule has 1 N–H and O–H groups in total. The molecule has 0 aliphatic carbocycles. The predicted molar refractivity (Wildman–Crippen MR) is 48.1 cm³/mol. The summed E-state index contributed by atoms with van der Waals surface area (Å²) in [6, 6.07) is 0. The second kappa shape index (κ2) is 4.03. The summed E-state index contributed by atoms with van der Waals surface area (Å²) in [6.45, 7) is 2.15. The van der Waals surface area contributed by atoms with Crippen LogP contribution in [0.3, 0.4) is 0 Å². The molecular weight excluding hydrogens is 212 g/mol. The lowest BCUT2D eigenvalue weighted by Crippen LogP contribution is -1.78. The van der Waals surface area contributed by atoms with E-state index in [0.29, 0.717) is 0 Å². The number of nitrogens with one attached hydrogen (secondary N) is 1. The van der Waals surface area contributed by atoms with Crippen LogP contribution in [-0.4, -0.2) is 15.7 Å².